The van der Waals surface area contributed by atoms with Crippen LogP contribution in [0, 0.1) is 21.0 Å². The van der Waals surface area contributed by atoms with E-state index < -0.39 is 5.97 Å². The Hall–Kier alpha value is -0.980. The molecule has 4 rings (SSSR count). The topological polar surface area (TPSA) is 87.7 Å². The maximum Gasteiger partial charge on any atom is 0.337 e. The minimum absolute atomic E-state index is 0.00153. The molecule has 0 amide bonds. The number of fused-ring (bicyclic) bond motifs is 2. The summed E-state index contributed by atoms with van der Waals surface area (Å²) in [6.45, 7) is 3.34. The Morgan fingerprint density at radius 1 is 0.909 bits per heavy atom. The molecule has 2 aromatic carbocycles. The number of rotatable bonds is 2. The molecule has 0 fully saturated rings. The van der Waals surface area contributed by atoms with E-state index in [0.717, 1.165) is 0 Å². The summed E-state index contributed by atoms with van der Waals surface area (Å²) < 4.78 is 6.78. The van der Waals surface area contributed by atoms with E-state index in [0.29, 0.717) is 34.8 Å². The zero-order valence-corrected chi connectivity index (χ0v) is 23.9. The number of carboxylic acid groups (broad SMARTS) is 1. The summed E-state index contributed by atoms with van der Waals surface area (Å²) in [4.78, 5) is 25.0. The van der Waals surface area contributed by atoms with Gasteiger partial charge in [-0.05, 0) is 82.3 Å². The van der Waals surface area contributed by atoms with E-state index in [1.165, 1.54) is 0 Å². The van der Waals surface area contributed by atoms with Gasteiger partial charge in [0.25, 0.3) is 0 Å². The number of carbonyl (C=O) groups is 1. The maximum atomic E-state index is 12.7. The number of phenolic OH excluding ortho intramolecular Hbond substituents is 1. The van der Waals surface area contributed by atoms with Crippen LogP contribution in [0.1, 0.15) is 21.5 Å². The molecule has 0 aromatic heterocycles. The molecule has 170 valence electrons. The molecule has 0 saturated carbocycles. The first-order valence-corrected chi connectivity index (χ1v) is 12.7. The fraction of sp³-hybridized carbons (Fsp3) is 0.0909. The molecule has 0 bridgehead atoms. The maximum absolute atomic E-state index is 12.7. The van der Waals surface area contributed by atoms with Gasteiger partial charge in [-0.25, -0.2) is 4.79 Å². The smallest absolute Gasteiger partial charge is 0.337 e. The van der Waals surface area contributed by atoms with Gasteiger partial charge in [0.15, 0.2) is 16.8 Å². The van der Waals surface area contributed by atoms with Crippen LogP contribution in [0.3, 0.4) is 0 Å². The molecular weight excluding hydrogens is 740 g/mol. The normalized spacial score (nSPS) is 11.5. The summed E-state index contributed by atoms with van der Waals surface area (Å²) in [6.07, 6.45) is 0. The van der Waals surface area contributed by atoms with Crippen LogP contribution < -0.4 is 5.43 Å². The molecule has 1 aliphatic carbocycles. The molecular formula is C22H10Cl4I2O5. The van der Waals surface area contributed by atoms with Gasteiger partial charge in [-0.1, -0.05) is 46.4 Å². The Labute approximate surface area is 234 Å². The van der Waals surface area contributed by atoms with Gasteiger partial charge in [0.2, 0.25) is 0 Å². The number of aromatic hydroxyl groups is 1. The quantitative estimate of drug-likeness (QED) is 0.0931. The minimum atomic E-state index is -1.37. The lowest BCUT2D eigenvalue weighted by Gasteiger charge is -2.22. The van der Waals surface area contributed by atoms with E-state index in [1.807, 2.05) is 45.2 Å². The summed E-state index contributed by atoms with van der Waals surface area (Å²) in [7, 11) is 0. The van der Waals surface area contributed by atoms with Gasteiger partial charge in [0.05, 0.1) is 29.2 Å². The lowest BCUT2D eigenvalue weighted by molar-refractivity contribution is 0.0698. The first-order chi connectivity index (χ1) is 15.4. The summed E-state index contributed by atoms with van der Waals surface area (Å²) in [6, 6.07) is 3.25. The predicted molar refractivity (Wildman–Crippen MR) is 148 cm³/mol. The lowest BCUT2D eigenvalue weighted by Crippen LogP contribution is -2.12. The lowest BCUT2D eigenvalue weighted by atomic mass is 9.89. The van der Waals surface area contributed by atoms with Gasteiger partial charge in [0, 0.05) is 22.1 Å². The van der Waals surface area contributed by atoms with Crippen LogP contribution in [-0.2, 0) is 0 Å². The second-order valence-electron chi connectivity index (χ2n) is 7.23. The molecule has 0 saturated heterocycles. The molecule has 5 nitrogen and oxygen atoms in total. The highest BCUT2D eigenvalue weighted by Gasteiger charge is 2.32. The van der Waals surface area contributed by atoms with Crippen molar-refractivity contribution in [3.63, 3.8) is 0 Å². The zero-order chi connectivity index (χ0) is 24.5. The summed E-state index contributed by atoms with van der Waals surface area (Å²) >= 11 is 29.2. The molecule has 33 heavy (non-hydrogen) atoms. The van der Waals surface area contributed by atoms with Crippen molar-refractivity contribution in [1.29, 1.82) is 0 Å². The standard InChI is InChI=1S/C22H10Cl4I2O5/c1-5-3-7-9(10-11(22(31)32)13(24)15(26)14(25)12(10)23)8-4-6(2)19(30)17(28)21(8)33-20(7)16(27)18(5)29/h3-4,29H,1-2H3,(H,31,32). The Bertz CT molecular complexity index is 1560. The van der Waals surface area contributed by atoms with E-state index in [1.54, 1.807) is 26.0 Å². The van der Waals surface area contributed by atoms with Crippen LogP contribution in [0.25, 0.3) is 33.4 Å². The van der Waals surface area contributed by atoms with Crippen molar-refractivity contribution in [2.45, 2.75) is 13.8 Å². The van der Waals surface area contributed by atoms with Crippen molar-refractivity contribution in [2.75, 3.05) is 0 Å². The molecule has 0 spiro atoms. The number of carboxylic acids is 1. The van der Waals surface area contributed by atoms with Crippen LogP contribution in [-0.4, -0.2) is 16.2 Å². The van der Waals surface area contributed by atoms with Crippen molar-refractivity contribution in [2.24, 2.45) is 0 Å². The highest BCUT2D eigenvalue weighted by Crippen LogP contribution is 2.52. The van der Waals surface area contributed by atoms with Crippen molar-refractivity contribution >= 4 is 109 Å². The largest absolute Gasteiger partial charge is 0.506 e. The number of aryl methyl sites for hydroxylation is 2. The van der Waals surface area contributed by atoms with Crippen molar-refractivity contribution in [3.8, 4) is 28.2 Å². The molecule has 2 aliphatic rings. The molecule has 11 heteroatoms. The minimum Gasteiger partial charge on any atom is -0.506 e. The fourth-order valence-electron chi connectivity index (χ4n) is 3.65. The van der Waals surface area contributed by atoms with Crippen LogP contribution in [0.15, 0.2) is 21.3 Å². The summed E-state index contributed by atoms with van der Waals surface area (Å²) in [5.74, 6) is -1.16. The molecule has 0 unspecified atom stereocenters. The summed E-state index contributed by atoms with van der Waals surface area (Å²) in [5.41, 5.74) is 1.42. The van der Waals surface area contributed by atoms with E-state index >= 15 is 0 Å². The van der Waals surface area contributed by atoms with E-state index in [-0.39, 0.29) is 53.7 Å². The summed E-state index contributed by atoms with van der Waals surface area (Å²) in [5, 5.41) is 20.3. The Morgan fingerprint density at radius 2 is 1.52 bits per heavy atom. The highest BCUT2D eigenvalue weighted by atomic mass is 127. The molecule has 1 heterocycles. The van der Waals surface area contributed by atoms with Gasteiger partial charge < -0.3 is 14.6 Å². The van der Waals surface area contributed by atoms with Gasteiger partial charge in [-0.15, -0.1) is 0 Å². The molecule has 0 atom stereocenters. The monoisotopic (exact) mass is 748 g/mol. The molecule has 2 aromatic rings. The first kappa shape index (κ1) is 25.1. The number of phenols is 1. The van der Waals surface area contributed by atoms with E-state index in [9.17, 15) is 19.8 Å². The SMILES string of the molecule is Cc1cc2c(-c3c(Cl)c(Cl)c(Cl)c(Cl)c3C(=O)O)c3cc(C)c(=O)c(I)c-3oc2c(I)c1O. The average Bonchev–Trinajstić information content (AvgIpc) is 2.76. The second kappa shape index (κ2) is 8.91. The third-order valence-electron chi connectivity index (χ3n) is 5.22. The predicted octanol–water partition coefficient (Wildman–Crippen LogP) is 8.41. The van der Waals surface area contributed by atoms with Crippen LogP contribution >= 0.6 is 91.6 Å². The number of halogens is 6. The molecule has 2 N–H and O–H groups in total. The van der Waals surface area contributed by atoms with Crippen molar-refractivity contribution in [1.82, 2.24) is 0 Å². The van der Waals surface area contributed by atoms with Crippen molar-refractivity contribution in [3.05, 3.63) is 66.3 Å². The number of aromatic carboxylic acids is 1. The molecule has 0 radical (unpaired) electrons. The number of hydrogen-bond acceptors (Lipinski definition) is 4. The zero-order valence-electron chi connectivity index (χ0n) is 16.5. The van der Waals surface area contributed by atoms with Gasteiger partial charge in [-0.3, -0.25) is 4.79 Å². The second-order valence-corrected chi connectivity index (χ2v) is 10.9. The van der Waals surface area contributed by atoms with Gasteiger partial charge in [-0.2, -0.15) is 0 Å². The Morgan fingerprint density at radius 3 is 2.12 bits per heavy atom. The Kier molecular flexibility index (Phi) is 6.78. The average molecular weight is 750 g/mol. The number of hydrogen-bond donors (Lipinski definition) is 2. The Balaban J connectivity index is 2.43. The van der Waals surface area contributed by atoms with Crippen LogP contribution in [0.2, 0.25) is 20.1 Å². The fourth-order valence-corrected chi connectivity index (χ4v) is 6.33. The van der Waals surface area contributed by atoms with Gasteiger partial charge >= 0.3 is 5.97 Å². The highest BCUT2D eigenvalue weighted by molar-refractivity contribution is 14.1. The van der Waals surface area contributed by atoms with E-state index in [2.05, 4.69) is 0 Å². The third-order valence-corrected chi connectivity index (χ3v) is 9.00. The van der Waals surface area contributed by atoms with Gasteiger partial charge in [0.1, 0.15) is 9.32 Å². The van der Waals surface area contributed by atoms with Crippen molar-refractivity contribution < 1.29 is 19.4 Å². The van der Waals surface area contributed by atoms with E-state index in [4.69, 9.17) is 50.8 Å². The number of benzene rings is 3. The molecule has 1 aliphatic heterocycles. The van der Waals surface area contributed by atoms with Crippen LogP contribution in [0.5, 0.6) is 5.75 Å². The third kappa shape index (κ3) is 3.79. The first-order valence-electron chi connectivity index (χ1n) is 9.05. The van der Waals surface area contributed by atoms with Crippen LogP contribution in [0.4, 0.5) is 0 Å².